The smallest absolute Gasteiger partial charge is 0.326 e. The molecule has 7 heteroatoms. The van der Waals surface area contributed by atoms with E-state index in [0.29, 0.717) is 28.8 Å². The zero-order valence-electron chi connectivity index (χ0n) is 13.0. The van der Waals surface area contributed by atoms with Crippen LogP contribution >= 0.6 is 11.8 Å². The summed E-state index contributed by atoms with van der Waals surface area (Å²) in [4.78, 5) is 20.3. The number of aliphatic carboxylic acids is 1. The molecule has 0 radical (unpaired) electrons. The fourth-order valence-corrected chi connectivity index (χ4v) is 3.26. The van der Waals surface area contributed by atoms with Gasteiger partial charge >= 0.3 is 5.97 Å². The van der Waals surface area contributed by atoms with Gasteiger partial charge < -0.3 is 9.67 Å². The Labute approximate surface area is 142 Å². The van der Waals surface area contributed by atoms with Crippen LogP contribution in [-0.4, -0.2) is 25.6 Å². The van der Waals surface area contributed by atoms with Gasteiger partial charge in [0.2, 0.25) is 0 Å². The molecule has 0 fully saturated rings. The van der Waals surface area contributed by atoms with Gasteiger partial charge in [-0.25, -0.2) is 19.2 Å². The van der Waals surface area contributed by atoms with Crippen LogP contribution in [0.1, 0.15) is 24.9 Å². The Kier molecular flexibility index (Phi) is 4.80. The number of carboxylic acid groups (broad SMARTS) is 1. The maximum atomic E-state index is 12.9. The second-order valence-electron chi connectivity index (χ2n) is 5.31. The first kappa shape index (κ1) is 16.4. The van der Waals surface area contributed by atoms with Crippen LogP contribution in [0.3, 0.4) is 0 Å². The summed E-state index contributed by atoms with van der Waals surface area (Å²) in [5.41, 5.74) is 1.64. The SMILES string of the molecule is CCC(C(=O)O)n1cccc2nc(SCc3ccc(F)cc3)nc1-2. The third-order valence-electron chi connectivity index (χ3n) is 3.68. The van der Waals surface area contributed by atoms with E-state index < -0.39 is 12.0 Å². The number of nitrogens with zero attached hydrogens (tertiary/aromatic N) is 3. The minimum absolute atomic E-state index is 0.264. The van der Waals surface area contributed by atoms with Gasteiger partial charge in [-0.1, -0.05) is 30.8 Å². The van der Waals surface area contributed by atoms with E-state index in [1.54, 1.807) is 29.0 Å². The van der Waals surface area contributed by atoms with E-state index in [1.807, 2.05) is 13.0 Å². The van der Waals surface area contributed by atoms with Crippen LogP contribution in [0.15, 0.2) is 47.8 Å². The average Bonchev–Trinajstić information content (AvgIpc) is 2.98. The van der Waals surface area contributed by atoms with Crippen LogP contribution in [0.4, 0.5) is 4.39 Å². The van der Waals surface area contributed by atoms with Gasteiger partial charge in [0.05, 0.1) is 0 Å². The summed E-state index contributed by atoms with van der Waals surface area (Å²) in [6.45, 7) is 1.82. The second kappa shape index (κ2) is 7.00. The highest BCUT2D eigenvalue weighted by Crippen LogP contribution is 2.29. The molecular weight excluding hydrogens is 329 g/mol. The number of fused-ring (bicyclic) bond motifs is 1. The first-order valence-corrected chi connectivity index (χ1v) is 8.51. The summed E-state index contributed by atoms with van der Waals surface area (Å²) in [7, 11) is 0. The molecule has 0 bridgehead atoms. The fraction of sp³-hybridized carbons (Fsp3) is 0.235. The van der Waals surface area contributed by atoms with E-state index in [1.165, 1.54) is 23.9 Å². The highest BCUT2D eigenvalue weighted by atomic mass is 32.2. The molecule has 5 nitrogen and oxygen atoms in total. The van der Waals surface area contributed by atoms with Crippen molar-refractivity contribution >= 4 is 17.7 Å². The second-order valence-corrected chi connectivity index (χ2v) is 6.25. The molecule has 24 heavy (non-hydrogen) atoms. The molecule has 2 aliphatic rings. The van der Waals surface area contributed by atoms with Gasteiger partial charge in [-0.15, -0.1) is 0 Å². The van der Waals surface area contributed by atoms with Crippen LogP contribution < -0.4 is 0 Å². The summed E-state index contributed by atoms with van der Waals surface area (Å²) in [5.74, 6) is 0.0264. The molecule has 0 saturated carbocycles. The average molecular weight is 345 g/mol. The third kappa shape index (κ3) is 3.41. The number of pyridine rings is 1. The molecule has 1 N–H and O–H groups in total. The van der Waals surface area contributed by atoms with Crippen molar-refractivity contribution in [3.05, 3.63) is 54.0 Å². The van der Waals surface area contributed by atoms with Crippen molar-refractivity contribution in [3.8, 4) is 11.5 Å². The molecule has 0 saturated heterocycles. The van der Waals surface area contributed by atoms with E-state index in [9.17, 15) is 14.3 Å². The molecule has 1 aromatic carbocycles. The van der Waals surface area contributed by atoms with Crippen molar-refractivity contribution in [1.82, 2.24) is 14.5 Å². The Bertz CT molecular complexity index is 819. The molecule has 0 aliphatic carbocycles. The highest BCUT2D eigenvalue weighted by Gasteiger charge is 2.23. The van der Waals surface area contributed by atoms with Gasteiger partial charge in [0.1, 0.15) is 17.6 Å². The van der Waals surface area contributed by atoms with Crippen molar-refractivity contribution in [3.63, 3.8) is 0 Å². The molecule has 0 aromatic heterocycles. The van der Waals surface area contributed by atoms with Crippen molar-refractivity contribution in [2.75, 3.05) is 0 Å². The molecule has 0 spiro atoms. The zero-order valence-corrected chi connectivity index (χ0v) is 13.8. The summed E-state index contributed by atoms with van der Waals surface area (Å²) in [6.07, 6.45) is 2.18. The lowest BCUT2D eigenvalue weighted by molar-refractivity contribution is -0.141. The lowest BCUT2D eigenvalue weighted by Crippen LogP contribution is -2.20. The quantitative estimate of drug-likeness (QED) is 0.687. The van der Waals surface area contributed by atoms with Crippen molar-refractivity contribution in [1.29, 1.82) is 0 Å². The minimum Gasteiger partial charge on any atom is -0.480 e. The van der Waals surface area contributed by atoms with Crippen LogP contribution in [0.5, 0.6) is 0 Å². The molecule has 1 unspecified atom stereocenters. The summed E-state index contributed by atoms with van der Waals surface area (Å²) < 4.78 is 14.6. The Hall–Kier alpha value is -2.41. The predicted octanol–water partition coefficient (Wildman–Crippen LogP) is 3.85. The largest absolute Gasteiger partial charge is 0.480 e. The molecular formula is C17H16FN3O2S. The van der Waals surface area contributed by atoms with E-state index in [0.717, 1.165) is 5.56 Å². The number of hydrogen-bond acceptors (Lipinski definition) is 4. The molecule has 124 valence electrons. The first-order valence-electron chi connectivity index (χ1n) is 7.53. The molecule has 0 amide bonds. The van der Waals surface area contributed by atoms with Crippen LogP contribution in [0.2, 0.25) is 0 Å². The Morgan fingerprint density at radius 1 is 1.29 bits per heavy atom. The Balaban J connectivity index is 1.84. The van der Waals surface area contributed by atoms with Crippen LogP contribution in [0.25, 0.3) is 11.5 Å². The van der Waals surface area contributed by atoms with E-state index >= 15 is 0 Å². The molecule has 1 aromatic rings. The fourth-order valence-electron chi connectivity index (χ4n) is 2.46. The minimum atomic E-state index is -0.890. The maximum Gasteiger partial charge on any atom is 0.326 e. The van der Waals surface area contributed by atoms with E-state index in [2.05, 4.69) is 9.97 Å². The number of halogens is 1. The topological polar surface area (TPSA) is 68.0 Å². The molecule has 2 heterocycles. The lowest BCUT2D eigenvalue weighted by atomic mass is 10.2. The van der Waals surface area contributed by atoms with Crippen molar-refractivity contribution in [2.45, 2.75) is 30.3 Å². The summed E-state index contributed by atoms with van der Waals surface area (Å²) in [5, 5.41) is 9.94. The summed E-state index contributed by atoms with van der Waals surface area (Å²) >= 11 is 1.44. The summed E-state index contributed by atoms with van der Waals surface area (Å²) in [6, 6.07) is 9.22. The maximum absolute atomic E-state index is 12.9. The molecule has 1 atom stereocenters. The first-order chi connectivity index (χ1) is 11.6. The van der Waals surface area contributed by atoms with Crippen LogP contribution in [-0.2, 0) is 10.5 Å². The number of benzene rings is 1. The zero-order chi connectivity index (χ0) is 17.1. The number of aromatic nitrogens is 3. The van der Waals surface area contributed by atoms with Crippen LogP contribution in [0, 0.1) is 5.82 Å². The lowest BCUT2D eigenvalue weighted by Gasteiger charge is -2.16. The predicted molar refractivity (Wildman–Crippen MR) is 89.6 cm³/mol. The number of imidazole rings is 1. The number of hydrogen-bond donors (Lipinski definition) is 1. The Morgan fingerprint density at radius 2 is 2.04 bits per heavy atom. The van der Waals surface area contributed by atoms with Crippen molar-refractivity contribution < 1.29 is 14.3 Å². The standard InChI is InChI=1S/C17H16FN3O2S/c1-2-14(16(22)23)21-9-3-4-13-15(21)20-17(19-13)24-10-11-5-7-12(18)8-6-11/h3-9,14H,2,10H2,1H3,(H,22,23). The van der Waals surface area contributed by atoms with Gasteiger partial charge in [-0.05, 0) is 36.2 Å². The van der Waals surface area contributed by atoms with Gasteiger partial charge in [0, 0.05) is 11.9 Å². The van der Waals surface area contributed by atoms with Crippen molar-refractivity contribution in [2.24, 2.45) is 0 Å². The van der Waals surface area contributed by atoms with Gasteiger partial charge in [0.15, 0.2) is 11.0 Å². The molecule has 3 rings (SSSR count). The van der Waals surface area contributed by atoms with Gasteiger partial charge in [-0.2, -0.15) is 0 Å². The number of rotatable bonds is 6. The molecule has 2 aliphatic heterocycles. The normalized spacial score (nSPS) is 12.4. The monoisotopic (exact) mass is 345 g/mol. The highest BCUT2D eigenvalue weighted by molar-refractivity contribution is 7.98. The number of carboxylic acids is 1. The third-order valence-corrected chi connectivity index (χ3v) is 4.60. The van der Waals surface area contributed by atoms with E-state index in [4.69, 9.17) is 0 Å². The Morgan fingerprint density at radius 3 is 2.71 bits per heavy atom. The van der Waals surface area contributed by atoms with Gasteiger partial charge in [0.25, 0.3) is 0 Å². The van der Waals surface area contributed by atoms with E-state index in [-0.39, 0.29) is 5.82 Å². The number of carbonyl (C=O) groups is 1. The van der Waals surface area contributed by atoms with Gasteiger partial charge in [-0.3, -0.25) is 0 Å². The number of thioether (sulfide) groups is 1.